The standard InChI is InChI=1S/C64H104O6/c1-4-7-10-13-16-19-22-24-26-27-28-29-30-31-32-33-34-35-36-37-38-40-42-45-48-51-54-57-63(66)69-60-61(59-68-62(65)56-53-50-47-44-41-21-18-15-12-9-6-3)70-64(67)58-55-52-49-46-43-39-25-23-20-17-14-11-8-5-2/h7,10,15-16,18-19,23-26,28-29,31-32,34-35,37-38,42,45,61H,4-6,8-9,11-14,17,20-22,27,30,33,36,39-41,43-44,46-60H2,1-3H3/b10-7-,18-15-,19-16-,25-23-,26-24-,29-28-,32-31-,35-34-,38-37-,45-42-. The van der Waals surface area contributed by atoms with Gasteiger partial charge in [-0.15, -0.1) is 0 Å². The zero-order valence-electron chi connectivity index (χ0n) is 45.2. The van der Waals surface area contributed by atoms with Crippen molar-refractivity contribution >= 4 is 17.9 Å². The molecule has 0 saturated carbocycles. The Hall–Kier alpha value is -4.19. The summed E-state index contributed by atoms with van der Waals surface area (Å²) in [6.07, 6.45) is 79.1. The van der Waals surface area contributed by atoms with Crippen LogP contribution in [0.25, 0.3) is 0 Å². The Bertz CT molecular complexity index is 1490. The summed E-state index contributed by atoms with van der Waals surface area (Å²) in [5.41, 5.74) is 0. The highest BCUT2D eigenvalue weighted by Gasteiger charge is 2.19. The number of esters is 3. The number of unbranched alkanes of at least 4 members (excludes halogenated alkanes) is 19. The largest absolute Gasteiger partial charge is 0.462 e. The third kappa shape index (κ3) is 54.7. The van der Waals surface area contributed by atoms with Crippen molar-refractivity contribution in [1.29, 1.82) is 0 Å². The molecule has 0 aromatic heterocycles. The summed E-state index contributed by atoms with van der Waals surface area (Å²) in [4.78, 5) is 38.0. The zero-order chi connectivity index (χ0) is 50.7. The number of hydrogen-bond acceptors (Lipinski definition) is 6. The van der Waals surface area contributed by atoms with Crippen LogP contribution in [-0.4, -0.2) is 37.2 Å². The first-order valence-corrected chi connectivity index (χ1v) is 28.5. The Kier molecular flexibility index (Phi) is 54.0. The number of hydrogen-bond donors (Lipinski definition) is 0. The summed E-state index contributed by atoms with van der Waals surface area (Å²) in [6.45, 7) is 6.42. The predicted molar refractivity (Wildman–Crippen MR) is 302 cm³/mol. The molecule has 0 aliphatic carbocycles. The van der Waals surface area contributed by atoms with Crippen molar-refractivity contribution in [2.24, 2.45) is 0 Å². The SMILES string of the molecule is CC/C=C\C/C=C\C/C=C\C/C=C\C/C=C\C/C=C\C/C=C\C/C=C\CCCCC(=O)OCC(COC(=O)CCCCCCC/C=C\CCCC)OC(=O)CCCCCCC/C=C\CCCCCCC. The summed E-state index contributed by atoms with van der Waals surface area (Å²) in [5.74, 6) is -0.969. The molecule has 0 rings (SSSR count). The first-order valence-electron chi connectivity index (χ1n) is 28.5. The Balaban J connectivity index is 4.41. The van der Waals surface area contributed by atoms with Gasteiger partial charge in [0.25, 0.3) is 0 Å². The number of ether oxygens (including phenoxy) is 3. The second-order valence-electron chi connectivity index (χ2n) is 18.5. The molecule has 0 heterocycles. The quantitative estimate of drug-likeness (QED) is 0.0262. The van der Waals surface area contributed by atoms with E-state index in [1.807, 2.05) is 0 Å². The molecule has 70 heavy (non-hydrogen) atoms. The lowest BCUT2D eigenvalue weighted by atomic mass is 10.1. The van der Waals surface area contributed by atoms with Crippen molar-refractivity contribution < 1.29 is 28.6 Å². The van der Waals surface area contributed by atoms with Gasteiger partial charge in [0.2, 0.25) is 0 Å². The number of carbonyl (C=O) groups excluding carboxylic acids is 3. The van der Waals surface area contributed by atoms with Crippen LogP contribution in [0.2, 0.25) is 0 Å². The molecule has 1 unspecified atom stereocenters. The molecule has 0 radical (unpaired) electrons. The van der Waals surface area contributed by atoms with Gasteiger partial charge in [-0.2, -0.15) is 0 Å². The van der Waals surface area contributed by atoms with Gasteiger partial charge >= 0.3 is 17.9 Å². The molecule has 0 aliphatic rings. The normalized spacial score (nSPS) is 13.0. The molecule has 0 saturated heterocycles. The van der Waals surface area contributed by atoms with Gasteiger partial charge in [-0.25, -0.2) is 0 Å². The van der Waals surface area contributed by atoms with E-state index in [-0.39, 0.29) is 31.1 Å². The van der Waals surface area contributed by atoms with Crippen LogP contribution in [0.5, 0.6) is 0 Å². The van der Waals surface area contributed by atoms with Crippen LogP contribution in [0.15, 0.2) is 122 Å². The summed E-state index contributed by atoms with van der Waals surface area (Å²) in [7, 11) is 0. The van der Waals surface area contributed by atoms with Crippen molar-refractivity contribution in [3.8, 4) is 0 Å². The fourth-order valence-electron chi connectivity index (χ4n) is 7.37. The van der Waals surface area contributed by atoms with E-state index < -0.39 is 6.10 Å². The highest BCUT2D eigenvalue weighted by atomic mass is 16.6. The second-order valence-corrected chi connectivity index (χ2v) is 18.5. The van der Waals surface area contributed by atoms with Crippen molar-refractivity contribution in [3.63, 3.8) is 0 Å². The van der Waals surface area contributed by atoms with E-state index in [2.05, 4.69) is 142 Å². The summed E-state index contributed by atoms with van der Waals surface area (Å²) in [6, 6.07) is 0. The molecule has 0 aromatic rings. The predicted octanol–water partition coefficient (Wildman–Crippen LogP) is 19.3. The van der Waals surface area contributed by atoms with Gasteiger partial charge in [-0.3, -0.25) is 14.4 Å². The van der Waals surface area contributed by atoms with Crippen LogP contribution in [-0.2, 0) is 28.6 Å². The molecule has 6 nitrogen and oxygen atoms in total. The number of allylic oxidation sites excluding steroid dienone is 20. The molecule has 0 fully saturated rings. The van der Waals surface area contributed by atoms with Gasteiger partial charge in [0.05, 0.1) is 0 Å². The van der Waals surface area contributed by atoms with E-state index >= 15 is 0 Å². The Morgan fingerprint density at radius 1 is 0.300 bits per heavy atom. The lowest BCUT2D eigenvalue weighted by molar-refractivity contribution is -0.167. The fourth-order valence-corrected chi connectivity index (χ4v) is 7.37. The summed E-state index contributed by atoms with van der Waals surface area (Å²) >= 11 is 0. The summed E-state index contributed by atoms with van der Waals surface area (Å²) in [5, 5.41) is 0. The van der Waals surface area contributed by atoms with Crippen LogP contribution >= 0.6 is 0 Å². The zero-order valence-corrected chi connectivity index (χ0v) is 45.2. The average Bonchev–Trinajstić information content (AvgIpc) is 3.36. The maximum atomic E-state index is 12.8. The van der Waals surface area contributed by atoms with Gasteiger partial charge in [0.1, 0.15) is 13.2 Å². The molecule has 0 spiro atoms. The van der Waals surface area contributed by atoms with E-state index in [4.69, 9.17) is 14.2 Å². The third-order valence-electron chi connectivity index (χ3n) is 11.7. The van der Waals surface area contributed by atoms with E-state index in [9.17, 15) is 14.4 Å². The molecule has 0 aromatic carbocycles. The van der Waals surface area contributed by atoms with Crippen LogP contribution in [0.4, 0.5) is 0 Å². The van der Waals surface area contributed by atoms with E-state index in [0.717, 1.165) is 128 Å². The van der Waals surface area contributed by atoms with E-state index in [1.54, 1.807) is 0 Å². The molecule has 0 aliphatic heterocycles. The number of carbonyl (C=O) groups is 3. The maximum Gasteiger partial charge on any atom is 0.306 e. The third-order valence-corrected chi connectivity index (χ3v) is 11.7. The molecule has 1 atom stereocenters. The first kappa shape index (κ1) is 65.8. The second kappa shape index (κ2) is 57.4. The molecular weight excluding hydrogens is 865 g/mol. The minimum atomic E-state index is -0.806. The van der Waals surface area contributed by atoms with Gasteiger partial charge in [-0.1, -0.05) is 219 Å². The van der Waals surface area contributed by atoms with Crippen molar-refractivity contribution in [1.82, 2.24) is 0 Å². The van der Waals surface area contributed by atoms with E-state index in [1.165, 1.54) is 70.6 Å². The van der Waals surface area contributed by atoms with Crippen LogP contribution in [0.1, 0.15) is 245 Å². The van der Waals surface area contributed by atoms with Crippen LogP contribution < -0.4 is 0 Å². The van der Waals surface area contributed by atoms with Gasteiger partial charge in [0.15, 0.2) is 6.10 Å². The smallest absolute Gasteiger partial charge is 0.306 e. The topological polar surface area (TPSA) is 78.9 Å². The highest BCUT2D eigenvalue weighted by molar-refractivity contribution is 5.71. The lowest BCUT2D eigenvalue weighted by Gasteiger charge is -2.18. The van der Waals surface area contributed by atoms with Crippen LogP contribution in [0, 0.1) is 0 Å². The fraction of sp³-hybridized carbons (Fsp3) is 0.641. The molecule has 0 bridgehead atoms. The average molecular weight is 970 g/mol. The minimum Gasteiger partial charge on any atom is -0.462 e. The van der Waals surface area contributed by atoms with Gasteiger partial charge in [-0.05, 0) is 128 Å². The first-order chi connectivity index (χ1) is 34.5. The summed E-state index contributed by atoms with van der Waals surface area (Å²) < 4.78 is 16.8. The lowest BCUT2D eigenvalue weighted by Crippen LogP contribution is -2.30. The Morgan fingerprint density at radius 3 is 0.957 bits per heavy atom. The van der Waals surface area contributed by atoms with Gasteiger partial charge in [0, 0.05) is 19.3 Å². The molecule has 0 amide bonds. The van der Waals surface area contributed by atoms with Crippen LogP contribution in [0.3, 0.4) is 0 Å². The van der Waals surface area contributed by atoms with Crippen molar-refractivity contribution in [2.45, 2.75) is 252 Å². The minimum absolute atomic E-state index is 0.102. The molecular formula is C64H104O6. The van der Waals surface area contributed by atoms with Crippen molar-refractivity contribution in [2.75, 3.05) is 13.2 Å². The van der Waals surface area contributed by atoms with E-state index in [0.29, 0.717) is 25.7 Å². The highest BCUT2D eigenvalue weighted by Crippen LogP contribution is 2.13. The van der Waals surface area contributed by atoms with Gasteiger partial charge < -0.3 is 14.2 Å². The Morgan fingerprint density at radius 2 is 0.571 bits per heavy atom. The monoisotopic (exact) mass is 969 g/mol. The molecule has 0 N–H and O–H groups in total. The van der Waals surface area contributed by atoms with Crippen molar-refractivity contribution in [3.05, 3.63) is 122 Å². The maximum absolute atomic E-state index is 12.8. The molecule has 6 heteroatoms. The Labute approximate surface area is 431 Å². The molecule has 396 valence electrons. The number of rotatable bonds is 50.